The van der Waals surface area contributed by atoms with E-state index in [0.717, 1.165) is 0 Å². The van der Waals surface area contributed by atoms with Crippen LogP contribution in [0.5, 0.6) is 0 Å². The maximum atomic E-state index is 4.98. The van der Waals surface area contributed by atoms with Gasteiger partial charge in [0.1, 0.15) is 0 Å². The van der Waals surface area contributed by atoms with Crippen molar-refractivity contribution in [3.8, 4) is 0 Å². The molecule has 45 valence electrons. The van der Waals surface area contributed by atoms with Crippen LogP contribution in [0.2, 0.25) is 0 Å². The minimum Gasteiger partial charge on any atom is -0.147 e. The van der Waals surface area contributed by atoms with Crippen LogP contribution in [0.3, 0.4) is 0 Å². The summed E-state index contributed by atoms with van der Waals surface area (Å²) in [4.78, 5) is 0. The van der Waals surface area contributed by atoms with Gasteiger partial charge in [0, 0.05) is 50.8 Å². The fourth-order valence-electron chi connectivity index (χ4n) is 0.192. The molecule has 0 aliphatic rings. The summed E-state index contributed by atoms with van der Waals surface area (Å²) >= 11 is 0. The van der Waals surface area contributed by atoms with Gasteiger partial charge in [-0.2, -0.15) is 0 Å². The minimum atomic E-state index is 0. The summed E-state index contributed by atoms with van der Waals surface area (Å²) in [6.07, 6.45) is 0. The summed E-state index contributed by atoms with van der Waals surface area (Å²) in [6, 6.07) is 0. The number of hydrogen-bond donors (Lipinski definition) is 0. The smallest absolute Gasteiger partial charge is 0 e. The van der Waals surface area contributed by atoms with E-state index in [9.17, 15) is 0 Å². The molecule has 9 radical (unpaired) electrons. The molecule has 0 nitrogen and oxygen atoms in total. The van der Waals surface area contributed by atoms with Crippen LogP contribution in [-0.4, -0.2) is 50.8 Å². The van der Waals surface area contributed by atoms with E-state index >= 15 is 0 Å². The molecule has 0 fully saturated rings. The normalized spacial score (nSPS) is 4.40. The summed E-state index contributed by atoms with van der Waals surface area (Å²) in [6.45, 7) is 0. The van der Waals surface area contributed by atoms with E-state index in [1.165, 1.54) is 14.1 Å². The molecule has 0 spiro atoms. The molecule has 0 N–H and O–H groups in total. The van der Waals surface area contributed by atoms with Crippen LogP contribution in [0.4, 0.5) is 0 Å². The van der Waals surface area contributed by atoms with Crippen molar-refractivity contribution in [1.29, 1.82) is 0 Å². The van der Waals surface area contributed by atoms with Gasteiger partial charge in [-0.3, -0.25) is 0 Å². The first-order chi connectivity index (χ1) is 3.41. The van der Waals surface area contributed by atoms with Gasteiger partial charge in [0.25, 0.3) is 0 Å². The van der Waals surface area contributed by atoms with Gasteiger partial charge in [0.2, 0.25) is 0 Å². The summed E-state index contributed by atoms with van der Waals surface area (Å²) < 4.78 is 0. The zero-order valence-electron chi connectivity index (χ0n) is 5.27. The molecule has 0 aliphatic heterocycles. The van der Waals surface area contributed by atoms with Gasteiger partial charge in [-0.1, -0.05) is 0 Å². The minimum absolute atomic E-state index is 0. The highest BCUT2D eigenvalue weighted by Gasteiger charge is 1.85. The van der Waals surface area contributed by atoms with Crippen molar-refractivity contribution >= 4 is 88.0 Å². The van der Waals surface area contributed by atoms with Crippen LogP contribution >= 0.6 is 37.2 Å². The zero-order valence-corrected chi connectivity index (χ0v) is 7.72. The average molecular weight is 185 g/mol. The summed E-state index contributed by atoms with van der Waals surface area (Å²) in [5.41, 5.74) is 0. The van der Waals surface area contributed by atoms with Crippen LogP contribution in [0.15, 0.2) is 0 Å². The highest BCUT2D eigenvalue weighted by Crippen LogP contribution is 1.47. The van der Waals surface area contributed by atoms with Crippen molar-refractivity contribution in [1.82, 2.24) is 0 Å². The quantitative estimate of drug-likeness (QED) is 0.373. The number of rotatable bonds is 4. The fourth-order valence-corrected chi connectivity index (χ4v) is 0.192. The van der Waals surface area contributed by atoms with Gasteiger partial charge in [0.15, 0.2) is 0 Å². The van der Waals surface area contributed by atoms with Crippen molar-refractivity contribution in [3.05, 3.63) is 0 Å². The third kappa shape index (κ3) is 22.8. The van der Waals surface area contributed by atoms with E-state index < -0.39 is 0 Å². The van der Waals surface area contributed by atoms with Crippen molar-refractivity contribution in [2.45, 2.75) is 0 Å². The predicted molar refractivity (Wildman–Crippen MR) is 62.0 cm³/mol. The largest absolute Gasteiger partial charge is 0.147 e. The second-order valence-electron chi connectivity index (χ2n) is 0.962. The van der Waals surface area contributed by atoms with Gasteiger partial charge in [0.05, 0.1) is 0 Å². The van der Waals surface area contributed by atoms with Crippen molar-refractivity contribution in [2.75, 3.05) is 0 Å². The highest BCUT2D eigenvalue weighted by atomic mass is 35.5. The Kier molecular flexibility index (Phi) is 50.5. The fraction of sp³-hybridized carbons (Fsp3) is 0. The molecule has 0 amide bonds. The first-order valence-electron chi connectivity index (χ1n) is 2.00. The summed E-state index contributed by atoms with van der Waals surface area (Å²) in [5, 5.41) is 0. The molecule has 0 aliphatic carbocycles. The number of halogens is 3. The molecule has 0 saturated carbocycles. The molecule has 0 unspecified atom stereocenters. The predicted octanol–water partition coefficient (Wildman–Crippen LogP) is -1.40. The van der Waals surface area contributed by atoms with Crippen molar-refractivity contribution in [3.63, 3.8) is 0 Å². The first-order valence-corrected chi connectivity index (χ1v) is 2.00. The lowest BCUT2D eigenvalue weighted by Gasteiger charge is -1.85. The van der Waals surface area contributed by atoms with Crippen LogP contribution in [0.25, 0.3) is 0 Å². The standard InChI is InChI=1S/B7.3ClH/c1-3-5-7-6-4-2;;;/h;3*1H. The zero-order chi connectivity index (χ0) is 5.54. The lowest BCUT2D eigenvalue weighted by molar-refractivity contribution is 3.91. The second-order valence-corrected chi connectivity index (χ2v) is 0.962. The Morgan fingerprint density at radius 2 is 0.900 bits per heavy atom. The SMILES string of the molecule is Cl.Cl.Cl.[B][B][B][B][B][B][B]. The molecule has 0 saturated heterocycles. The third-order valence-electron chi connectivity index (χ3n) is 0.444. The molecule has 0 aromatic heterocycles. The van der Waals surface area contributed by atoms with E-state index in [1.54, 1.807) is 21.2 Å². The molecular weight excluding hydrogens is 182 g/mol. The maximum absolute atomic E-state index is 4.98. The lowest BCUT2D eigenvalue weighted by atomic mass is 8.97. The topological polar surface area (TPSA) is 0 Å². The monoisotopic (exact) mass is 185 g/mol. The Labute approximate surface area is 88.0 Å². The van der Waals surface area contributed by atoms with Crippen molar-refractivity contribution < 1.29 is 0 Å². The molecule has 0 bridgehead atoms. The highest BCUT2D eigenvalue weighted by molar-refractivity contribution is 7.61. The van der Waals surface area contributed by atoms with Crippen LogP contribution in [-0.2, 0) is 0 Å². The maximum Gasteiger partial charge on any atom is 0 e. The Bertz CT molecular complexity index is 28.0. The summed E-state index contributed by atoms with van der Waals surface area (Å²) in [5.74, 6) is 0. The van der Waals surface area contributed by atoms with Gasteiger partial charge < -0.3 is 0 Å². The molecule has 0 aromatic carbocycles. The van der Waals surface area contributed by atoms with Crippen molar-refractivity contribution in [2.24, 2.45) is 0 Å². The average Bonchev–Trinajstić information content (AvgIpc) is 1.69. The van der Waals surface area contributed by atoms with Gasteiger partial charge in [-0.15, -0.1) is 37.2 Å². The second kappa shape index (κ2) is 22.4. The molecule has 10 heavy (non-hydrogen) atoms. The van der Waals surface area contributed by atoms with E-state index in [-0.39, 0.29) is 37.2 Å². The Balaban J connectivity index is -0.0000000600. The van der Waals surface area contributed by atoms with E-state index in [1.807, 2.05) is 0 Å². The molecule has 10 heteroatoms. The van der Waals surface area contributed by atoms with E-state index in [2.05, 4.69) is 0 Å². The Morgan fingerprint density at radius 3 is 1.10 bits per heavy atom. The third-order valence-corrected chi connectivity index (χ3v) is 0.444. The van der Waals surface area contributed by atoms with E-state index in [4.69, 9.17) is 15.5 Å². The molecule has 0 atom stereocenters. The number of hydrogen-bond acceptors (Lipinski definition) is 0. The van der Waals surface area contributed by atoms with Gasteiger partial charge >= 0.3 is 0 Å². The molecule has 0 heterocycles. The first kappa shape index (κ1) is 22.5. The molecule has 0 aromatic rings. The van der Waals surface area contributed by atoms with Crippen LogP contribution < -0.4 is 0 Å². The van der Waals surface area contributed by atoms with E-state index in [0.29, 0.717) is 0 Å². The molecule has 0 rings (SSSR count). The van der Waals surface area contributed by atoms with Gasteiger partial charge in [-0.25, -0.2) is 0 Å². The molecular formula is H3B7Cl3. The van der Waals surface area contributed by atoms with Crippen LogP contribution in [0.1, 0.15) is 0 Å². The Hall–Kier alpha value is 1.32. The van der Waals surface area contributed by atoms with Gasteiger partial charge in [-0.05, 0) is 0 Å². The Morgan fingerprint density at radius 1 is 0.600 bits per heavy atom. The van der Waals surface area contributed by atoms with Crippen LogP contribution in [0, 0.1) is 0 Å². The summed E-state index contributed by atoms with van der Waals surface area (Å²) in [7, 11) is 18.0. The lowest BCUT2D eigenvalue weighted by Crippen LogP contribution is -2.23.